The number of aryl methyl sites for hydroxylation is 1. The Balaban J connectivity index is 2.12. The van der Waals surface area contributed by atoms with E-state index in [0.29, 0.717) is 23.1 Å². The first-order valence-corrected chi connectivity index (χ1v) is 9.11. The third kappa shape index (κ3) is 4.90. The highest BCUT2D eigenvalue weighted by Crippen LogP contribution is 2.29. The van der Waals surface area contributed by atoms with Gasteiger partial charge in [-0.05, 0) is 65.8 Å². The molecule has 1 N–H and O–H groups in total. The Morgan fingerprint density at radius 3 is 2.41 bits per heavy atom. The van der Waals surface area contributed by atoms with E-state index in [4.69, 9.17) is 9.47 Å². The van der Waals surface area contributed by atoms with E-state index in [2.05, 4.69) is 48.9 Å². The number of rotatable bonds is 7. The molecule has 1 amide bonds. The molecule has 27 heavy (non-hydrogen) atoms. The fraction of sp³-hybridized carbons (Fsp3) is 0.429. The second kappa shape index (κ2) is 8.75. The van der Waals surface area contributed by atoms with Crippen LogP contribution in [0.15, 0.2) is 29.4 Å². The summed E-state index contributed by atoms with van der Waals surface area (Å²) in [5.74, 6) is 0.813. The van der Waals surface area contributed by atoms with Crippen LogP contribution in [-0.4, -0.2) is 29.9 Å². The summed E-state index contributed by atoms with van der Waals surface area (Å²) in [4.78, 5) is 12.4. The molecule has 1 heterocycles. The van der Waals surface area contributed by atoms with E-state index in [1.165, 1.54) is 5.69 Å². The van der Waals surface area contributed by atoms with Gasteiger partial charge in [0.15, 0.2) is 11.5 Å². The summed E-state index contributed by atoms with van der Waals surface area (Å²) in [5, 5.41) is 4.11. The van der Waals surface area contributed by atoms with Crippen LogP contribution < -0.4 is 14.9 Å². The molecular formula is C21H29N3O3. The van der Waals surface area contributed by atoms with Gasteiger partial charge in [-0.1, -0.05) is 0 Å². The summed E-state index contributed by atoms with van der Waals surface area (Å²) in [6, 6.07) is 7.50. The summed E-state index contributed by atoms with van der Waals surface area (Å²) >= 11 is 0. The third-order valence-corrected chi connectivity index (χ3v) is 4.20. The molecule has 6 heteroatoms. The first-order valence-electron chi connectivity index (χ1n) is 9.11. The van der Waals surface area contributed by atoms with Crippen molar-refractivity contribution in [2.45, 2.75) is 53.7 Å². The third-order valence-electron chi connectivity index (χ3n) is 4.20. The first kappa shape index (κ1) is 20.6. The number of hydrazone groups is 1. The zero-order valence-corrected chi connectivity index (χ0v) is 17.2. The van der Waals surface area contributed by atoms with Crippen molar-refractivity contribution in [2.24, 2.45) is 5.10 Å². The number of ether oxygens (including phenoxy) is 2. The standard InChI is InChI=1S/C21H29N3O3/c1-13(2)24-15(5)10-18(16(24)6)12-22-23-21(25)17-8-9-19(27-14(3)4)20(11-17)26-7/h8-14H,1-7H3,(H,23,25)/b22-12-. The van der Waals surface area contributed by atoms with Gasteiger partial charge >= 0.3 is 0 Å². The smallest absolute Gasteiger partial charge is 0.271 e. The Labute approximate surface area is 161 Å². The fourth-order valence-electron chi connectivity index (χ4n) is 3.11. The Hall–Kier alpha value is -2.76. The molecule has 0 aliphatic carbocycles. The van der Waals surface area contributed by atoms with Crippen LogP contribution in [0.2, 0.25) is 0 Å². The van der Waals surface area contributed by atoms with Gasteiger partial charge < -0.3 is 14.0 Å². The second-order valence-electron chi connectivity index (χ2n) is 7.02. The van der Waals surface area contributed by atoms with E-state index >= 15 is 0 Å². The molecule has 0 radical (unpaired) electrons. The van der Waals surface area contributed by atoms with E-state index in [0.717, 1.165) is 11.3 Å². The molecular weight excluding hydrogens is 342 g/mol. The molecule has 2 rings (SSSR count). The van der Waals surface area contributed by atoms with Crippen LogP contribution in [-0.2, 0) is 0 Å². The van der Waals surface area contributed by atoms with Gasteiger partial charge in [0, 0.05) is 28.6 Å². The van der Waals surface area contributed by atoms with Crippen LogP contribution in [0.3, 0.4) is 0 Å². The maximum absolute atomic E-state index is 12.4. The molecule has 1 aromatic carbocycles. The van der Waals surface area contributed by atoms with Crippen LogP contribution in [0.4, 0.5) is 0 Å². The number of nitrogens with zero attached hydrogens (tertiary/aromatic N) is 2. The first-order chi connectivity index (χ1) is 12.7. The number of hydrogen-bond acceptors (Lipinski definition) is 4. The number of benzene rings is 1. The molecule has 0 unspecified atom stereocenters. The summed E-state index contributed by atoms with van der Waals surface area (Å²) in [6.45, 7) is 12.3. The average molecular weight is 371 g/mol. The van der Waals surface area contributed by atoms with Gasteiger partial charge in [0.2, 0.25) is 0 Å². The van der Waals surface area contributed by atoms with Gasteiger partial charge in [-0.2, -0.15) is 5.10 Å². The highest BCUT2D eigenvalue weighted by atomic mass is 16.5. The van der Waals surface area contributed by atoms with E-state index in [-0.39, 0.29) is 12.0 Å². The summed E-state index contributed by atoms with van der Waals surface area (Å²) in [5.41, 5.74) is 6.30. The monoisotopic (exact) mass is 371 g/mol. The van der Waals surface area contributed by atoms with Crippen molar-refractivity contribution in [1.82, 2.24) is 9.99 Å². The predicted molar refractivity (Wildman–Crippen MR) is 108 cm³/mol. The maximum atomic E-state index is 12.4. The molecule has 2 aromatic rings. The van der Waals surface area contributed by atoms with Gasteiger partial charge in [-0.3, -0.25) is 4.79 Å². The zero-order chi connectivity index (χ0) is 20.1. The van der Waals surface area contributed by atoms with Gasteiger partial charge in [0.05, 0.1) is 19.4 Å². The van der Waals surface area contributed by atoms with E-state index in [1.807, 2.05) is 13.8 Å². The van der Waals surface area contributed by atoms with Crippen LogP contribution in [0.1, 0.15) is 61.0 Å². The normalized spacial score (nSPS) is 11.4. The number of amides is 1. The molecule has 0 fully saturated rings. The molecule has 0 saturated carbocycles. The highest BCUT2D eigenvalue weighted by molar-refractivity contribution is 5.95. The summed E-state index contributed by atoms with van der Waals surface area (Å²) in [6.07, 6.45) is 1.69. The zero-order valence-electron chi connectivity index (χ0n) is 17.2. The largest absolute Gasteiger partial charge is 0.493 e. The molecule has 0 atom stereocenters. The molecule has 0 saturated heterocycles. The van der Waals surface area contributed by atoms with Crippen LogP contribution in [0.5, 0.6) is 11.5 Å². The van der Waals surface area contributed by atoms with Crippen LogP contribution in [0, 0.1) is 13.8 Å². The van der Waals surface area contributed by atoms with Crippen LogP contribution >= 0.6 is 0 Å². The average Bonchev–Trinajstić information content (AvgIpc) is 2.88. The van der Waals surface area contributed by atoms with Crippen molar-refractivity contribution in [1.29, 1.82) is 0 Å². The van der Waals surface area contributed by atoms with Crippen molar-refractivity contribution in [3.8, 4) is 11.5 Å². The van der Waals surface area contributed by atoms with Gasteiger partial charge in [0.25, 0.3) is 5.91 Å². The minimum Gasteiger partial charge on any atom is -0.493 e. The quantitative estimate of drug-likeness (QED) is 0.585. The van der Waals surface area contributed by atoms with Gasteiger partial charge in [-0.15, -0.1) is 0 Å². The molecule has 146 valence electrons. The lowest BCUT2D eigenvalue weighted by atomic mass is 10.2. The minimum absolute atomic E-state index is 0.0213. The predicted octanol–water partition coefficient (Wildman–Crippen LogP) is 4.25. The minimum atomic E-state index is -0.307. The number of carbonyl (C=O) groups is 1. The number of aromatic nitrogens is 1. The van der Waals surface area contributed by atoms with Crippen molar-refractivity contribution in [2.75, 3.05) is 7.11 Å². The Morgan fingerprint density at radius 2 is 1.85 bits per heavy atom. The molecule has 6 nitrogen and oxygen atoms in total. The van der Waals surface area contributed by atoms with Gasteiger partial charge in [-0.25, -0.2) is 5.43 Å². The van der Waals surface area contributed by atoms with Crippen molar-refractivity contribution < 1.29 is 14.3 Å². The van der Waals surface area contributed by atoms with Crippen LogP contribution in [0.25, 0.3) is 0 Å². The molecule has 1 aromatic heterocycles. The van der Waals surface area contributed by atoms with E-state index < -0.39 is 0 Å². The Morgan fingerprint density at radius 1 is 1.15 bits per heavy atom. The Bertz CT molecular complexity index is 835. The SMILES string of the molecule is COc1cc(C(=O)N/N=C\c2cc(C)n(C(C)C)c2C)ccc1OC(C)C. The van der Waals surface area contributed by atoms with Crippen molar-refractivity contribution in [3.05, 3.63) is 46.8 Å². The van der Waals surface area contributed by atoms with E-state index in [9.17, 15) is 4.79 Å². The molecule has 0 spiro atoms. The van der Waals surface area contributed by atoms with E-state index in [1.54, 1.807) is 31.5 Å². The molecule has 0 aliphatic heterocycles. The Kier molecular flexibility index (Phi) is 6.66. The molecule has 0 aliphatic rings. The topological polar surface area (TPSA) is 64.8 Å². The summed E-state index contributed by atoms with van der Waals surface area (Å²) in [7, 11) is 1.55. The van der Waals surface area contributed by atoms with Gasteiger partial charge in [0.1, 0.15) is 0 Å². The highest BCUT2D eigenvalue weighted by Gasteiger charge is 2.12. The molecule has 0 bridgehead atoms. The number of methoxy groups -OCH3 is 1. The summed E-state index contributed by atoms with van der Waals surface area (Å²) < 4.78 is 13.2. The number of carbonyl (C=O) groups excluding carboxylic acids is 1. The second-order valence-corrected chi connectivity index (χ2v) is 7.02. The lowest BCUT2D eigenvalue weighted by molar-refractivity contribution is 0.0954. The lowest BCUT2D eigenvalue weighted by Gasteiger charge is -2.14. The number of hydrogen-bond donors (Lipinski definition) is 1. The van der Waals surface area contributed by atoms with Crippen molar-refractivity contribution >= 4 is 12.1 Å². The number of nitrogens with one attached hydrogen (secondary N) is 1. The maximum Gasteiger partial charge on any atom is 0.271 e. The van der Waals surface area contributed by atoms with Crippen molar-refractivity contribution in [3.63, 3.8) is 0 Å². The lowest BCUT2D eigenvalue weighted by Crippen LogP contribution is -2.18. The fourth-order valence-corrected chi connectivity index (χ4v) is 3.11.